The van der Waals surface area contributed by atoms with Crippen LogP contribution in [0.2, 0.25) is 0 Å². The smallest absolute Gasteiger partial charge is 0.328 e. The van der Waals surface area contributed by atoms with Crippen LogP contribution in [0.3, 0.4) is 0 Å². The predicted molar refractivity (Wildman–Crippen MR) is 23.2 cm³/mol. The SMILES string of the molecule is COP(O)OC.[Zn]. The Kier molecular flexibility index (Phi) is 10.7. The first-order valence-corrected chi connectivity index (χ1v) is 2.51. The van der Waals surface area contributed by atoms with Crippen LogP contribution in [-0.4, -0.2) is 19.1 Å². The van der Waals surface area contributed by atoms with E-state index in [2.05, 4.69) is 9.05 Å². The molecule has 0 fully saturated rings. The van der Waals surface area contributed by atoms with Crippen LogP contribution >= 0.6 is 8.60 Å². The van der Waals surface area contributed by atoms with Crippen molar-refractivity contribution in [2.45, 2.75) is 0 Å². The molecule has 0 spiro atoms. The molecule has 0 radical (unpaired) electrons. The normalized spacial score (nSPS) is 8.57. The van der Waals surface area contributed by atoms with E-state index in [-0.39, 0.29) is 19.5 Å². The number of rotatable bonds is 2. The van der Waals surface area contributed by atoms with Gasteiger partial charge >= 0.3 is 8.60 Å². The molecule has 0 saturated heterocycles. The summed E-state index contributed by atoms with van der Waals surface area (Å²) in [6, 6.07) is 0. The van der Waals surface area contributed by atoms with Crippen LogP contribution in [0.4, 0.5) is 0 Å². The quantitative estimate of drug-likeness (QED) is 0.491. The maximum atomic E-state index is 8.29. The monoisotopic (exact) mass is 174 g/mol. The van der Waals surface area contributed by atoms with Gasteiger partial charge in [0.05, 0.1) is 0 Å². The molecule has 0 aliphatic heterocycles. The molecule has 0 rings (SSSR count). The van der Waals surface area contributed by atoms with Crippen LogP contribution in [-0.2, 0) is 28.5 Å². The second kappa shape index (κ2) is 6.93. The molecule has 0 atom stereocenters. The Bertz CT molecular complexity index is 32.1. The van der Waals surface area contributed by atoms with Crippen LogP contribution in [0.5, 0.6) is 0 Å². The zero-order valence-electron chi connectivity index (χ0n) is 4.42. The summed E-state index contributed by atoms with van der Waals surface area (Å²) in [6.07, 6.45) is 0. The van der Waals surface area contributed by atoms with E-state index in [0.717, 1.165) is 0 Å². The second-order valence-corrected chi connectivity index (χ2v) is 1.81. The van der Waals surface area contributed by atoms with Gasteiger partial charge < -0.3 is 13.9 Å². The summed E-state index contributed by atoms with van der Waals surface area (Å²) in [6.45, 7) is 0. The van der Waals surface area contributed by atoms with Gasteiger partial charge in [-0.2, -0.15) is 0 Å². The van der Waals surface area contributed by atoms with Crippen molar-refractivity contribution >= 4 is 8.60 Å². The van der Waals surface area contributed by atoms with Crippen molar-refractivity contribution in [3.05, 3.63) is 0 Å². The molecule has 40 valence electrons. The van der Waals surface area contributed by atoms with Gasteiger partial charge in [0, 0.05) is 33.7 Å². The Balaban J connectivity index is 0. The van der Waals surface area contributed by atoms with Crippen molar-refractivity contribution in [2.75, 3.05) is 14.2 Å². The summed E-state index contributed by atoms with van der Waals surface area (Å²) in [7, 11) is 1.19. The van der Waals surface area contributed by atoms with E-state index in [1.54, 1.807) is 0 Å². The summed E-state index contributed by atoms with van der Waals surface area (Å²) >= 11 is 0. The van der Waals surface area contributed by atoms with Crippen LogP contribution in [0, 0.1) is 0 Å². The van der Waals surface area contributed by atoms with Crippen LogP contribution in [0.25, 0.3) is 0 Å². The molecule has 0 aliphatic rings. The van der Waals surface area contributed by atoms with Gasteiger partial charge in [0.2, 0.25) is 0 Å². The van der Waals surface area contributed by atoms with Crippen LogP contribution < -0.4 is 0 Å². The summed E-state index contributed by atoms with van der Waals surface area (Å²) in [4.78, 5) is 8.29. The van der Waals surface area contributed by atoms with E-state index in [0.29, 0.717) is 0 Å². The first-order chi connectivity index (χ1) is 2.81. The standard InChI is InChI=1S/C2H7O3P.Zn/c1-4-6(3)5-2;/h3H,1-2H3;. The first kappa shape index (κ1) is 10.8. The molecule has 0 aromatic carbocycles. The third-order valence-electron chi connectivity index (χ3n) is 0.312. The van der Waals surface area contributed by atoms with E-state index in [9.17, 15) is 0 Å². The molecule has 0 aliphatic carbocycles. The molecule has 0 aromatic heterocycles. The third kappa shape index (κ3) is 6.93. The largest absolute Gasteiger partial charge is 0.329 e. The summed E-state index contributed by atoms with van der Waals surface area (Å²) < 4.78 is 8.59. The van der Waals surface area contributed by atoms with Gasteiger partial charge in [-0.15, -0.1) is 0 Å². The minimum atomic E-state index is -1.58. The first-order valence-electron chi connectivity index (χ1n) is 1.38. The van der Waals surface area contributed by atoms with Gasteiger partial charge in [-0.1, -0.05) is 0 Å². The third-order valence-corrected chi connectivity index (χ3v) is 0.937. The second-order valence-electron chi connectivity index (χ2n) is 0.603. The summed E-state index contributed by atoms with van der Waals surface area (Å²) in [5, 5.41) is 0. The van der Waals surface area contributed by atoms with Gasteiger partial charge in [0.25, 0.3) is 0 Å². The molecule has 0 heterocycles. The Morgan fingerprint density at radius 2 is 1.57 bits per heavy atom. The Morgan fingerprint density at radius 1 is 1.29 bits per heavy atom. The average molecular weight is 175 g/mol. The van der Waals surface area contributed by atoms with Gasteiger partial charge in [-0.05, 0) is 0 Å². The van der Waals surface area contributed by atoms with E-state index >= 15 is 0 Å². The van der Waals surface area contributed by atoms with Gasteiger partial charge in [0.15, 0.2) is 0 Å². The molecule has 3 nitrogen and oxygen atoms in total. The maximum Gasteiger partial charge on any atom is 0.329 e. The Labute approximate surface area is 56.8 Å². The zero-order chi connectivity index (χ0) is 4.99. The predicted octanol–water partition coefficient (Wildman–Crippen LogP) is 0.496. The molecule has 0 amide bonds. The van der Waals surface area contributed by atoms with Gasteiger partial charge in [-0.25, -0.2) is 0 Å². The fourth-order valence-corrected chi connectivity index (χ4v) is 0.224. The molecule has 0 unspecified atom stereocenters. The van der Waals surface area contributed by atoms with Crippen molar-refractivity contribution in [1.82, 2.24) is 0 Å². The molecule has 7 heavy (non-hydrogen) atoms. The Hall–Kier alpha value is 0.933. The van der Waals surface area contributed by atoms with E-state index in [4.69, 9.17) is 4.89 Å². The minimum Gasteiger partial charge on any atom is -0.328 e. The molecule has 0 saturated carbocycles. The molecular weight excluding hydrogens is 168 g/mol. The van der Waals surface area contributed by atoms with Gasteiger partial charge in [0.1, 0.15) is 0 Å². The van der Waals surface area contributed by atoms with E-state index in [1.807, 2.05) is 0 Å². The summed E-state index contributed by atoms with van der Waals surface area (Å²) in [5.41, 5.74) is 0. The number of hydrogen-bond donors (Lipinski definition) is 1. The van der Waals surface area contributed by atoms with Gasteiger partial charge in [-0.3, -0.25) is 0 Å². The molecule has 1 N–H and O–H groups in total. The zero-order valence-corrected chi connectivity index (χ0v) is 8.28. The molecule has 0 bridgehead atoms. The number of hydrogen-bond acceptors (Lipinski definition) is 3. The maximum absolute atomic E-state index is 8.29. The Morgan fingerprint density at radius 3 is 1.57 bits per heavy atom. The summed E-state index contributed by atoms with van der Waals surface area (Å²) in [5.74, 6) is 0. The van der Waals surface area contributed by atoms with Crippen LogP contribution in [0.15, 0.2) is 0 Å². The molecule has 5 heteroatoms. The van der Waals surface area contributed by atoms with Crippen molar-refractivity contribution < 1.29 is 33.4 Å². The van der Waals surface area contributed by atoms with E-state index in [1.165, 1.54) is 14.2 Å². The molecule has 0 aromatic rings. The van der Waals surface area contributed by atoms with Crippen molar-refractivity contribution in [1.29, 1.82) is 0 Å². The molecular formula is C2H7O3PZn. The van der Waals surface area contributed by atoms with Crippen LogP contribution in [0.1, 0.15) is 0 Å². The van der Waals surface area contributed by atoms with Crippen molar-refractivity contribution in [3.8, 4) is 0 Å². The van der Waals surface area contributed by atoms with Crippen molar-refractivity contribution in [2.24, 2.45) is 0 Å². The minimum absolute atomic E-state index is 0. The average Bonchev–Trinajstić information content (AvgIpc) is 1.65. The topological polar surface area (TPSA) is 38.7 Å². The van der Waals surface area contributed by atoms with Crippen molar-refractivity contribution in [3.63, 3.8) is 0 Å². The van der Waals surface area contributed by atoms with E-state index < -0.39 is 8.60 Å². The fourth-order valence-electron chi connectivity index (χ4n) is 0.0745. The fraction of sp³-hybridized carbons (Fsp3) is 1.00.